The molecule has 0 unspecified atom stereocenters. The van der Waals surface area contributed by atoms with E-state index in [1.54, 1.807) is 47.0 Å². The maximum absolute atomic E-state index is 14.5. The molecule has 0 N–H and O–H groups in total. The van der Waals surface area contributed by atoms with Crippen LogP contribution in [-0.4, -0.2) is 48.3 Å². The van der Waals surface area contributed by atoms with Gasteiger partial charge in [0.1, 0.15) is 15.7 Å². The van der Waals surface area contributed by atoms with Gasteiger partial charge < -0.3 is 9.47 Å². The maximum atomic E-state index is 14.5. The molecule has 0 saturated heterocycles. The third-order valence-electron chi connectivity index (χ3n) is 6.09. The lowest BCUT2D eigenvalue weighted by Gasteiger charge is -2.20. The van der Waals surface area contributed by atoms with E-state index in [2.05, 4.69) is 4.98 Å². The lowest BCUT2D eigenvalue weighted by Crippen LogP contribution is -2.32. The van der Waals surface area contributed by atoms with Crippen LogP contribution in [0.5, 0.6) is 11.5 Å². The third-order valence-corrected chi connectivity index (χ3v) is 7.01. The normalized spacial score (nSPS) is 12.7. The number of fused-ring (bicyclic) bond motifs is 1. The molecule has 0 saturated carbocycles. The number of aromatic nitrogens is 3. The minimum absolute atomic E-state index is 0.261. The van der Waals surface area contributed by atoms with Gasteiger partial charge in [-0.3, -0.25) is 9.13 Å². The van der Waals surface area contributed by atoms with E-state index < -0.39 is 27.4 Å². The van der Waals surface area contributed by atoms with Crippen molar-refractivity contribution in [1.29, 1.82) is 0 Å². The van der Waals surface area contributed by atoms with Gasteiger partial charge in [-0.2, -0.15) is 0 Å². The molecular weight excluding hydrogens is 497 g/mol. The van der Waals surface area contributed by atoms with Gasteiger partial charge in [0.05, 0.1) is 31.0 Å². The van der Waals surface area contributed by atoms with Gasteiger partial charge >= 0.3 is 5.69 Å². The highest BCUT2D eigenvalue weighted by Gasteiger charge is 2.28. The second-order valence-corrected chi connectivity index (χ2v) is 11.3. The van der Waals surface area contributed by atoms with Crippen molar-refractivity contribution in [3.05, 3.63) is 76.6 Å². The first kappa shape index (κ1) is 26.4. The van der Waals surface area contributed by atoms with Gasteiger partial charge in [-0.1, -0.05) is 24.3 Å². The summed E-state index contributed by atoms with van der Waals surface area (Å²) in [6, 6.07) is 12.0. The van der Waals surface area contributed by atoms with Crippen molar-refractivity contribution in [3.63, 3.8) is 0 Å². The minimum Gasteiger partial charge on any atom is -0.493 e. The van der Waals surface area contributed by atoms with Crippen LogP contribution in [-0.2, 0) is 9.84 Å². The van der Waals surface area contributed by atoms with E-state index in [4.69, 9.17) is 9.47 Å². The number of sulfone groups is 1. The average Bonchev–Trinajstić information content (AvgIpc) is 3.13. The largest absolute Gasteiger partial charge is 0.493 e. The first-order chi connectivity index (χ1) is 17.6. The summed E-state index contributed by atoms with van der Waals surface area (Å²) in [7, 11) is -2.01. The molecule has 37 heavy (non-hydrogen) atoms. The van der Waals surface area contributed by atoms with Gasteiger partial charge in [0.15, 0.2) is 17.1 Å². The first-order valence-corrected chi connectivity index (χ1v) is 14.0. The van der Waals surface area contributed by atoms with Crippen LogP contribution in [0.1, 0.15) is 38.4 Å². The number of hydrogen-bond acceptors (Lipinski definition) is 6. The highest BCUT2D eigenvalue weighted by atomic mass is 32.2. The zero-order chi connectivity index (χ0) is 26.9. The first-order valence-electron chi connectivity index (χ1n) is 11.9. The van der Waals surface area contributed by atoms with Crippen LogP contribution in [0, 0.1) is 5.82 Å². The monoisotopic (exact) mass is 527 g/mol. The van der Waals surface area contributed by atoms with Crippen molar-refractivity contribution in [2.24, 2.45) is 0 Å². The summed E-state index contributed by atoms with van der Waals surface area (Å²) in [5.74, 6) is 0.196. The van der Waals surface area contributed by atoms with E-state index in [0.717, 1.165) is 6.26 Å². The average molecular weight is 528 g/mol. The summed E-state index contributed by atoms with van der Waals surface area (Å²) < 4.78 is 53.7. The van der Waals surface area contributed by atoms with Crippen molar-refractivity contribution in [2.75, 3.05) is 25.7 Å². The van der Waals surface area contributed by atoms with Crippen LogP contribution in [0.25, 0.3) is 22.3 Å². The highest BCUT2D eigenvalue weighted by molar-refractivity contribution is 7.90. The van der Waals surface area contributed by atoms with Crippen LogP contribution in [0.15, 0.2) is 59.5 Å². The number of rotatable bonds is 9. The van der Waals surface area contributed by atoms with Crippen molar-refractivity contribution in [2.45, 2.75) is 32.9 Å². The summed E-state index contributed by atoms with van der Waals surface area (Å²) in [6.07, 6.45) is 2.63. The van der Waals surface area contributed by atoms with E-state index in [-0.39, 0.29) is 11.8 Å². The number of nitrogens with zero attached hydrogens (tertiary/aromatic N) is 3. The number of hydrogen-bond donors (Lipinski definition) is 0. The fourth-order valence-electron chi connectivity index (χ4n) is 4.52. The van der Waals surface area contributed by atoms with Crippen LogP contribution in [0.4, 0.5) is 4.39 Å². The van der Waals surface area contributed by atoms with Gasteiger partial charge in [0.2, 0.25) is 0 Å². The summed E-state index contributed by atoms with van der Waals surface area (Å²) in [5.41, 5.74) is 1.81. The number of pyridine rings is 1. The van der Waals surface area contributed by atoms with Gasteiger partial charge in [-0.05, 0) is 50.6 Å². The van der Waals surface area contributed by atoms with Crippen LogP contribution < -0.4 is 15.2 Å². The molecule has 1 atom stereocenters. The van der Waals surface area contributed by atoms with Gasteiger partial charge in [0.25, 0.3) is 0 Å². The van der Waals surface area contributed by atoms with Gasteiger partial charge in [-0.25, -0.2) is 22.6 Å². The molecule has 196 valence electrons. The molecule has 0 aliphatic heterocycles. The van der Waals surface area contributed by atoms with Crippen molar-refractivity contribution >= 4 is 21.0 Å². The fraction of sp³-hybridized carbons (Fsp3) is 0.333. The molecule has 2 aromatic heterocycles. The molecule has 0 amide bonds. The molecular formula is C27H30FN3O5S. The minimum atomic E-state index is -3.53. The topological polar surface area (TPSA) is 92.4 Å². The molecule has 0 bridgehead atoms. The lowest BCUT2D eigenvalue weighted by molar-refractivity contribution is 0.310. The van der Waals surface area contributed by atoms with Crippen LogP contribution >= 0.6 is 0 Å². The van der Waals surface area contributed by atoms with E-state index in [0.29, 0.717) is 46.0 Å². The van der Waals surface area contributed by atoms with Gasteiger partial charge in [0, 0.05) is 29.6 Å². The Labute approximate surface area is 215 Å². The summed E-state index contributed by atoms with van der Waals surface area (Å²) in [6.45, 7) is 5.92. The third kappa shape index (κ3) is 5.24. The predicted molar refractivity (Wildman–Crippen MR) is 142 cm³/mol. The fourth-order valence-corrected chi connectivity index (χ4v) is 5.43. The molecule has 0 fully saturated rings. The van der Waals surface area contributed by atoms with Crippen molar-refractivity contribution in [1.82, 2.24) is 14.1 Å². The second kappa shape index (κ2) is 10.4. The smallest absolute Gasteiger partial charge is 0.331 e. The van der Waals surface area contributed by atoms with E-state index in [1.807, 2.05) is 20.8 Å². The Kier molecular flexibility index (Phi) is 7.40. The van der Waals surface area contributed by atoms with Crippen molar-refractivity contribution < 1.29 is 22.3 Å². The van der Waals surface area contributed by atoms with E-state index in [1.165, 1.54) is 23.9 Å². The lowest BCUT2D eigenvalue weighted by atomic mass is 10.1. The Bertz CT molecular complexity index is 1610. The zero-order valence-electron chi connectivity index (χ0n) is 21.4. The summed E-state index contributed by atoms with van der Waals surface area (Å²) in [5, 5.41) is 0. The Morgan fingerprint density at radius 1 is 1.05 bits per heavy atom. The molecule has 2 heterocycles. The Balaban J connectivity index is 2.00. The summed E-state index contributed by atoms with van der Waals surface area (Å²) >= 11 is 0. The molecule has 0 spiro atoms. The zero-order valence-corrected chi connectivity index (χ0v) is 22.3. The Hall–Kier alpha value is -3.66. The number of halogens is 1. The van der Waals surface area contributed by atoms with E-state index >= 15 is 0 Å². The highest BCUT2D eigenvalue weighted by Crippen LogP contribution is 2.34. The second-order valence-electron chi connectivity index (χ2n) is 9.11. The Morgan fingerprint density at radius 3 is 2.41 bits per heavy atom. The van der Waals surface area contributed by atoms with Crippen LogP contribution in [0.2, 0.25) is 0 Å². The molecule has 10 heteroatoms. The van der Waals surface area contributed by atoms with Gasteiger partial charge in [-0.15, -0.1) is 0 Å². The predicted octanol–water partition coefficient (Wildman–Crippen LogP) is 4.63. The number of benzene rings is 2. The van der Waals surface area contributed by atoms with Crippen molar-refractivity contribution in [3.8, 4) is 22.6 Å². The molecule has 4 aromatic rings. The number of methoxy groups -OCH3 is 1. The molecule has 2 aromatic carbocycles. The quantitative estimate of drug-likeness (QED) is 0.315. The Morgan fingerprint density at radius 2 is 1.78 bits per heavy atom. The SMILES string of the molecule is CCOc1cc([C@H](CS(C)(=O)=O)n2c(=O)n(C(C)C)c3cc(-c4ccccc4F)cnc32)ccc1OC. The van der Waals surface area contributed by atoms with Crippen LogP contribution in [0.3, 0.4) is 0 Å². The number of imidazole rings is 1. The maximum Gasteiger partial charge on any atom is 0.331 e. The molecule has 4 rings (SSSR count). The van der Waals surface area contributed by atoms with E-state index in [9.17, 15) is 17.6 Å². The molecule has 0 aliphatic rings. The molecule has 0 aliphatic carbocycles. The number of ether oxygens (including phenoxy) is 2. The molecule has 0 radical (unpaired) electrons. The molecule has 8 nitrogen and oxygen atoms in total. The summed E-state index contributed by atoms with van der Waals surface area (Å²) in [4.78, 5) is 18.4. The standard InChI is InChI=1S/C27H30FN3O5S/c1-6-36-25-14-18(11-12-24(25)35-4)23(16-37(5,33)34)31-26-22(30(17(2)3)27(31)32)13-19(15-29-26)20-9-7-8-10-21(20)28/h7-15,17,23H,6,16H2,1-5H3/t23-/m0/s1.